The lowest BCUT2D eigenvalue weighted by molar-refractivity contribution is -0.138. The number of ether oxygens (including phenoxy) is 1. The second kappa shape index (κ2) is 5.89. The van der Waals surface area contributed by atoms with Crippen LogP contribution in [-0.4, -0.2) is 18.2 Å². The minimum atomic E-state index is -0.667. The summed E-state index contributed by atoms with van der Waals surface area (Å²) in [6.45, 7) is 0. The molecule has 0 unspecified atom stereocenters. The molecule has 2 rings (SSSR count). The maximum atomic E-state index is 10.7. The van der Waals surface area contributed by atoms with Gasteiger partial charge in [-0.15, -0.1) is 0 Å². The molecule has 0 bridgehead atoms. The zero-order valence-electron chi connectivity index (χ0n) is 10.8. The molecule has 1 fully saturated rings. The van der Waals surface area contributed by atoms with Crippen molar-refractivity contribution in [1.29, 1.82) is 0 Å². The molecule has 1 saturated carbocycles. The molecule has 0 spiro atoms. The van der Waals surface area contributed by atoms with Crippen LogP contribution in [0, 0.1) is 5.92 Å². The first-order valence-corrected chi connectivity index (χ1v) is 6.54. The zero-order valence-corrected chi connectivity index (χ0v) is 10.8. The lowest BCUT2D eigenvalue weighted by Gasteiger charge is -2.28. The monoisotopic (exact) mass is 248 g/mol. The van der Waals surface area contributed by atoms with Crippen molar-refractivity contribution >= 4 is 5.97 Å². The van der Waals surface area contributed by atoms with Crippen molar-refractivity contribution < 1.29 is 14.6 Å². The van der Waals surface area contributed by atoms with Crippen LogP contribution in [0.2, 0.25) is 0 Å². The highest BCUT2D eigenvalue weighted by Crippen LogP contribution is 2.37. The summed E-state index contributed by atoms with van der Waals surface area (Å²) < 4.78 is 5.24. The number of hydrogen-bond acceptors (Lipinski definition) is 2. The van der Waals surface area contributed by atoms with Crippen molar-refractivity contribution in [3.8, 4) is 5.75 Å². The molecule has 1 aliphatic carbocycles. The quantitative estimate of drug-likeness (QED) is 0.887. The number of carbonyl (C=O) groups is 1. The van der Waals surface area contributed by atoms with E-state index < -0.39 is 5.97 Å². The highest BCUT2D eigenvalue weighted by atomic mass is 16.5. The SMILES string of the molecule is COc1cccc(C2CCC(CC(=O)O)CC2)c1. The van der Waals surface area contributed by atoms with E-state index in [4.69, 9.17) is 9.84 Å². The fourth-order valence-electron chi connectivity index (χ4n) is 2.84. The van der Waals surface area contributed by atoms with Crippen LogP contribution in [0.3, 0.4) is 0 Å². The molecular weight excluding hydrogens is 228 g/mol. The van der Waals surface area contributed by atoms with Crippen molar-refractivity contribution in [2.24, 2.45) is 5.92 Å². The van der Waals surface area contributed by atoms with Crippen molar-refractivity contribution in [2.45, 2.75) is 38.0 Å². The molecule has 3 nitrogen and oxygen atoms in total. The molecule has 98 valence electrons. The fraction of sp³-hybridized carbons (Fsp3) is 0.533. The van der Waals surface area contributed by atoms with Crippen molar-refractivity contribution in [3.63, 3.8) is 0 Å². The van der Waals surface area contributed by atoms with Crippen LogP contribution in [0.25, 0.3) is 0 Å². The predicted octanol–water partition coefficient (Wildman–Crippen LogP) is 3.44. The number of rotatable bonds is 4. The van der Waals surface area contributed by atoms with Crippen LogP contribution in [0.1, 0.15) is 43.6 Å². The second-order valence-corrected chi connectivity index (χ2v) is 5.09. The molecular formula is C15H20O3. The Balaban J connectivity index is 1.94. The molecule has 0 heterocycles. The number of hydrogen-bond donors (Lipinski definition) is 1. The summed E-state index contributed by atoms with van der Waals surface area (Å²) in [6.07, 6.45) is 4.55. The molecule has 1 N–H and O–H groups in total. The van der Waals surface area contributed by atoms with Crippen LogP contribution < -0.4 is 4.74 Å². The van der Waals surface area contributed by atoms with Gasteiger partial charge in [-0.3, -0.25) is 4.79 Å². The van der Waals surface area contributed by atoms with E-state index in [2.05, 4.69) is 12.1 Å². The first-order chi connectivity index (χ1) is 8.69. The van der Waals surface area contributed by atoms with Gasteiger partial charge in [0.1, 0.15) is 5.75 Å². The molecule has 0 radical (unpaired) electrons. The average molecular weight is 248 g/mol. The van der Waals surface area contributed by atoms with E-state index in [1.807, 2.05) is 12.1 Å². The van der Waals surface area contributed by atoms with Gasteiger partial charge in [-0.1, -0.05) is 12.1 Å². The summed E-state index contributed by atoms with van der Waals surface area (Å²) in [5, 5.41) is 8.80. The van der Waals surface area contributed by atoms with E-state index in [1.165, 1.54) is 5.56 Å². The van der Waals surface area contributed by atoms with E-state index >= 15 is 0 Å². The Bertz CT molecular complexity index is 406. The molecule has 18 heavy (non-hydrogen) atoms. The molecule has 1 aliphatic rings. The third-order valence-electron chi connectivity index (χ3n) is 3.88. The summed E-state index contributed by atoms with van der Waals surface area (Å²) in [6, 6.07) is 8.23. The minimum absolute atomic E-state index is 0.324. The third-order valence-corrected chi connectivity index (χ3v) is 3.88. The molecule has 0 atom stereocenters. The Hall–Kier alpha value is -1.51. The summed E-state index contributed by atoms with van der Waals surface area (Å²) in [4.78, 5) is 10.7. The molecule has 0 saturated heterocycles. The third kappa shape index (κ3) is 3.25. The van der Waals surface area contributed by atoms with Crippen LogP contribution in [-0.2, 0) is 4.79 Å². The number of carboxylic acid groups (broad SMARTS) is 1. The molecule has 1 aromatic rings. The van der Waals surface area contributed by atoms with Gasteiger partial charge in [-0.25, -0.2) is 0 Å². The van der Waals surface area contributed by atoms with Gasteiger partial charge in [-0.05, 0) is 55.2 Å². The maximum Gasteiger partial charge on any atom is 0.303 e. The average Bonchev–Trinajstić information content (AvgIpc) is 2.39. The Kier molecular flexibility index (Phi) is 4.24. The van der Waals surface area contributed by atoms with Gasteiger partial charge in [0.25, 0.3) is 0 Å². The van der Waals surface area contributed by atoms with Gasteiger partial charge in [0.2, 0.25) is 0 Å². The van der Waals surface area contributed by atoms with Gasteiger partial charge in [0.15, 0.2) is 0 Å². The van der Waals surface area contributed by atoms with Crippen LogP contribution in [0.5, 0.6) is 5.75 Å². The Morgan fingerprint density at radius 1 is 1.33 bits per heavy atom. The fourth-order valence-corrected chi connectivity index (χ4v) is 2.84. The lowest BCUT2D eigenvalue weighted by atomic mass is 9.77. The highest BCUT2D eigenvalue weighted by molar-refractivity contribution is 5.67. The van der Waals surface area contributed by atoms with E-state index in [1.54, 1.807) is 7.11 Å². The van der Waals surface area contributed by atoms with Gasteiger partial charge in [0.05, 0.1) is 7.11 Å². The van der Waals surface area contributed by atoms with Crippen molar-refractivity contribution in [2.75, 3.05) is 7.11 Å². The molecule has 0 amide bonds. The standard InChI is InChI=1S/C15H20O3/c1-18-14-4-2-3-13(10-14)12-7-5-11(6-8-12)9-15(16)17/h2-4,10-12H,5-9H2,1H3,(H,16,17). The van der Waals surface area contributed by atoms with Gasteiger partial charge < -0.3 is 9.84 Å². The molecule has 0 aromatic heterocycles. The minimum Gasteiger partial charge on any atom is -0.497 e. The van der Waals surface area contributed by atoms with Crippen molar-refractivity contribution in [1.82, 2.24) is 0 Å². The maximum absolute atomic E-state index is 10.7. The number of methoxy groups -OCH3 is 1. The van der Waals surface area contributed by atoms with Crippen LogP contribution in [0.15, 0.2) is 24.3 Å². The number of aliphatic carboxylic acids is 1. The van der Waals surface area contributed by atoms with Gasteiger partial charge >= 0.3 is 5.97 Å². The summed E-state index contributed by atoms with van der Waals surface area (Å²) >= 11 is 0. The van der Waals surface area contributed by atoms with Crippen LogP contribution in [0.4, 0.5) is 0 Å². The Labute approximate surface area is 108 Å². The number of carboxylic acids is 1. The lowest BCUT2D eigenvalue weighted by Crippen LogP contribution is -2.16. The smallest absolute Gasteiger partial charge is 0.303 e. The zero-order chi connectivity index (χ0) is 13.0. The van der Waals surface area contributed by atoms with Crippen LogP contribution >= 0.6 is 0 Å². The first kappa shape index (κ1) is 12.9. The highest BCUT2D eigenvalue weighted by Gasteiger charge is 2.24. The van der Waals surface area contributed by atoms with E-state index in [0.29, 0.717) is 18.3 Å². The second-order valence-electron chi connectivity index (χ2n) is 5.09. The summed E-state index contributed by atoms with van der Waals surface area (Å²) in [7, 11) is 1.68. The van der Waals surface area contributed by atoms with Gasteiger partial charge in [-0.2, -0.15) is 0 Å². The van der Waals surface area contributed by atoms with Gasteiger partial charge in [0, 0.05) is 6.42 Å². The normalized spacial score (nSPS) is 23.6. The molecule has 3 heteroatoms. The molecule has 0 aliphatic heterocycles. The predicted molar refractivity (Wildman–Crippen MR) is 69.9 cm³/mol. The van der Waals surface area contributed by atoms with Crippen molar-refractivity contribution in [3.05, 3.63) is 29.8 Å². The van der Waals surface area contributed by atoms with E-state index in [0.717, 1.165) is 31.4 Å². The Morgan fingerprint density at radius 2 is 2.06 bits per heavy atom. The first-order valence-electron chi connectivity index (χ1n) is 6.54. The molecule has 1 aromatic carbocycles. The Morgan fingerprint density at radius 3 is 2.67 bits per heavy atom. The summed E-state index contributed by atoms with van der Waals surface area (Å²) in [5.74, 6) is 1.16. The van der Waals surface area contributed by atoms with E-state index in [9.17, 15) is 4.79 Å². The topological polar surface area (TPSA) is 46.5 Å². The van der Waals surface area contributed by atoms with E-state index in [-0.39, 0.29) is 0 Å². The largest absolute Gasteiger partial charge is 0.497 e. The summed E-state index contributed by atoms with van der Waals surface area (Å²) in [5.41, 5.74) is 1.32. The number of benzene rings is 1.